The Bertz CT molecular complexity index is 1190. The zero-order chi connectivity index (χ0) is 23.4. The molecule has 0 fully saturated rings. The average molecular weight is 505 g/mol. The van der Waals surface area contributed by atoms with E-state index in [-0.39, 0.29) is 0 Å². The van der Waals surface area contributed by atoms with E-state index in [1.54, 1.807) is 14.2 Å². The molecule has 0 heterocycles. The van der Waals surface area contributed by atoms with Gasteiger partial charge in [-0.3, -0.25) is 0 Å². The quantitative estimate of drug-likeness (QED) is 0.347. The SMILES string of the molecule is COc1ccc(CCN(C)CCCC2(C#N)c3ccccc3-c3ccc(Br)cc32)cc1OC. The van der Waals surface area contributed by atoms with Gasteiger partial charge in [0, 0.05) is 11.0 Å². The van der Waals surface area contributed by atoms with Crippen LogP contribution in [0.5, 0.6) is 11.5 Å². The van der Waals surface area contributed by atoms with Crippen LogP contribution in [0.3, 0.4) is 0 Å². The van der Waals surface area contributed by atoms with Crippen LogP contribution in [0.2, 0.25) is 0 Å². The second-order valence-electron chi connectivity index (χ2n) is 8.60. The van der Waals surface area contributed by atoms with Gasteiger partial charge < -0.3 is 14.4 Å². The molecule has 1 atom stereocenters. The Morgan fingerprint density at radius 2 is 1.67 bits per heavy atom. The summed E-state index contributed by atoms with van der Waals surface area (Å²) in [5.41, 5.74) is 5.24. The molecule has 33 heavy (non-hydrogen) atoms. The summed E-state index contributed by atoms with van der Waals surface area (Å²) >= 11 is 3.61. The van der Waals surface area contributed by atoms with Gasteiger partial charge in [0.2, 0.25) is 0 Å². The molecule has 0 N–H and O–H groups in total. The molecule has 1 aliphatic rings. The highest BCUT2D eigenvalue weighted by atomic mass is 79.9. The summed E-state index contributed by atoms with van der Waals surface area (Å²) < 4.78 is 11.8. The third-order valence-electron chi connectivity index (χ3n) is 6.63. The Morgan fingerprint density at radius 1 is 0.909 bits per heavy atom. The summed E-state index contributed by atoms with van der Waals surface area (Å²) in [6.07, 6.45) is 2.67. The Labute approximate surface area is 204 Å². The number of fused-ring (bicyclic) bond motifs is 3. The van der Waals surface area contributed by atoms with Gasteiger partial charge in [0.1, 0.15) is 5.41 Å². The van der Waals surface area contributed by atoms with Crippen LogP contribution in [0.4, 0.5) is 0 Å². The first-order chi connectivity index (χ1) is 16.0. The minimum absolute atomic E-state index is 0.597. The fraction of sp³-hybridized carbons (Fsp3) is 0.321. The van der Waals surface area contributed by atoms with Crippen molar-refractivity contribution in [2.45, 2.75) is 24.7 Å². The molecule has 0 amide bonds. The van der Waals surface area contributed by atoms with Crippen LogP contribution in [0, 0.1) is 11.3 Å². The summed E-state index contributed by atoms with van der Waals surface area (Å²) in [4.78, 5) is 2.34. The minimum atomic E-state index is -0.597. The van der Waals surface area contributed by atoms with E-state index in [1.165, 1.54) is 16.7 Å². The first kappa shape index (κ1) is 23.4. The molecule has 0 radical (unpaired) electrons. The molecule has 4 rings (SSSR count). The van der Waals surface area contributed by atoms with Crippen molar-refractivity contribution >= 4 is 15.9 Å². The monoisotopic (exact) mass is 504 g/mol. The first-order valence-electron chi connectivity index (χ1n) is 11.2. The van der Waals surface area contributed by atoms with Crippen molar-refractivity contribution in [1.82, 2.24) is 4.90 Å². The molecule has 0 bridgehead atoms. The maximum atomic E-state index is 10.4. The third kappa shape index (κ3) is 4.51. The van der Waals surface area contributed by atoms with Crippen molar-refractivity contribution < 1.29 is 9.47 Å². The summed E-state index contributed by atoms with van der Waals surface area (Å²) in [5, 5.41) is 10.4. The third-order valence-corrected chi connectivity index (χ3v) is 7.12. The fourth-order valence-electron chi connectivity index (χ4n) is 4.87. The van der Waals surface area contributed by atoms with Crippen LogP contribution in [-0.4, -0.2) is 39.3 Å². The van der Waals surface area contributed by atoms with E-state index >= 15 is 0 Å². The van der Waals surface area contributed by atoms with Crippen molar-refractivity contribution in [1.29, 1.82) is 5.26 Å². The lowest BCUT2D eigenvalue weighted by Gasteiger charge is -2.26. The number of benzene rings is 3. The maximum absolute atomic E-state index is 10.4. The summed E-state index contributed by atoms with van der Waals surface area (Å²) in [7, 11) is 5.46. The Kier molecular flexibility index (Phi) is 7.07. The van der Waals surface area contributed by atoms with Gasteiger partial charge in [-0.2, -0.15) is 5.26 Å². The van der Waals surface area contributed by atoms with E-state index in [0.717, 1.165) is 59.5 Å². The van der Waals surface area contributed by atoms with Gasteiger partial charge in [0.15, 0.2) is 11.5 Å². The van der Waals surface area contributed by atoms with Crippen molar-refractivity contribution in [3.8, 4) is 28.7 Å². The molecule has 1 unspecified atom stereocenters. The number of likely N-dealkylation sites (N-methyl/N-ethyl adjacent to an activating group) is 1. The number of hydrogen-bond donors (Lipinski definition) is 0. The molecule has 3 aromatic carbocycles. The number of ether oxygens (including phenoxy) is 2. The lowest BCUT2D eigenvalue weighted by atomic mass is 9.76. The van der Waals surface area contributed by atoms with E-state index in [2.05, 4.69) is 76.4 Å². The van der Waals surface area contributed by atoms with Crippen LogP contribution >= 0.6 is 15.9 Å². The Hall–Kier alpha value is -2.81. The first-order valence-corrected chi connectivity index (χ1v) is 12.0. The molecular weight excluding hydrogens is 476 g/mol. The van der Waals surface area contributed by atoms with Gasteiger partial charge in [-0.05, 0) is 84.9 Å². The molecule has 0 saturated heterocycles. The topological polar surface area (TPSA) is 45.5 Å². The number of methoxy groups -OCH3 is 2. The standard InChI is InChI=1S/C28H29BrN2O2/c1-31(16-13-20-9-12-26(32-2)27(17-20)33-3)15-6-14-28(19-30)24-8-5-4-7-22(24)23-11-10-21(29)18-25(23)28/h4-5,7-12,17-18H,6,13-16H2,1-3H3. The van der Waals surface area contributed by atoms with Crippen LogP contribution in [0.1, 0.15) is 29.5 Å². The highest BCUT2D eigenvalue weighted by Gasteiger charge is 2.43. The molecule has 170 valence electrons. The van der Waals surface area contributed by atoms with Gasteiger partial charge in [-0.15, -0.1) is 0 Å². The van der Waals surface area contributed by atoms with Crippen LogP contribution in [0.15, 0.2) is 65.1 Å². The number of nitriles is 1. The van der Waals surface area contributed by atoms with Gasteiger partial charge in [-0.25, -0.2) is 0 Å². The predicted octanol–water partition coefficient (Wildman–Crippen LogP) is 6.21. The highest BCUT2D eigenvalue weighted by Crippen LogP contribution is 2.51. The van der Waals surface area contributed by atoms with Gasteiger partial charge in [-0.1, -0.05) is 52.3 Å². The average Bonchev–Trinajstić information content (AvgIpc) is 3.12. The summed E-state index contributed by atoms with van der Waals surface area (Å²) in [6, 6.07) is 23.5. The largest absolute Gasteiger partial charge is 0.493 e. The zero-order valence-corrected chi connectivity index (χ0v) is 21.0. The molecule has 4 nitrogen and oxygen atoms in total. The maximum Gasteiger partial charge on any atom is 0.160 e. The number of rotatable bonds is 9. The fourth-order valence-corrected chi connectivity index (χ4v) is 5.23. The van der Waals surface area contributed by atoms with E-state index < -0.39 is 5.41 Å². The van der Waals surface area contributed by atoms with E-state index in [9.17, 15) is 5.26 Å². The Balaban J connectivity index is 1.43. The lowest BCUT2D eigenvalue weighted by molar-refractivity contribution is 0.321. The molecule has 3 aromatic rings. The molecular formula is C28H29BrN2O2. The number of nitrogens with zero attached hydrogens (tertiary/aromatic N) is 2. The van der Waals surface area contributed by atoms with Crippen molar-refractivity contribution in [2.75, 3.05) is 34.4 Å². The lowest BCUT2D eigenvalue weighted by Crippen LogP contribution is -2.27. The van der Waals surface area contributed by atoms with E-state index in [4.69, 9.17) is 9.47 Å². The van der Waals surface area contributed by atoms with Crippen LogP contribution in [-0.2, 0) is 11.8 Å². The van der Waals surface area contributed by atoms with E-state index in [1.807, 2.05) is 18.2 Å². The highest BCUT2D eigenvalue weighted by molar-refractivity contribution is 9.10. The molecule has 0 aromatic heterocycles. The Morgan fingerprint density at radius 3 is 2.42 bits per heavy atom. The van der Waals surface area contributed by atoms with Crippen molar-refractivity contribution in [2.24, 2.45) is 0 Å². The summed E-state index contributed by atoms with van der Waals surface area (Å²) in [5.74, 6) is 1.51. The van der Waals surface area contributed by atoms with E-state index in [0.29, 0.717) is 0 Å². The smallest absolute Gasteiger partial charge is 0.160 e. The number of halogens is 1. The van der Waals surface area contributed by atoms with Crippen molar-refractivity contribution in [3.63, 3.8) is 0 Å². The zero-order valence-electron chi connectivity index (χ0n) is 19.4. The minimum Gasteiger partial charge on any atom is -0.493 e. The molecule has 5 heteroatoms. The molecule has 0 spiro atoms. The molecule has 0 saturated carbocycles. The van der Waals surface area contributed by atoms with Gasteiger partial charge in [0.25, 0.3) is 0 Å². The molecule has 0 aliphatic heterocycles. The second-order valence-corrected chi connectivity index (χ2v) is 9.51. The van der Waals surface area contributed by atoms with Crippen molar-refractivity contribution in [3.05, 3.63) is 81.8 Å². The predicted molar refractivity (Wildman–Crippen MR) is 136 cm³/mol. The molecule has 1 aliphatic carbocycles. The summed E-state index contributed by atoms with van der Waals surface area (Å²) in [6.45, 7) is 1.87. The second kappa shape index (κ2) is 9.99. The van der Waals surface area contributed by atoms with Gasteiger partial charge >= 0.3 is 0 Å². The van der Waals surface area contributed by atoms with Crippen LogP contribution in [0.25, 0.3) is 11.1 Å². The van der Waals surface area contributed by atoms with Gasteiger partial charge in [0.05, 0.1) is 20.3 Å². The van der Waals surface area contributed by atoms with Crippen LogP contribution < -0.4 is 9.47 Å². The normalized spacial score (nSPS) is 16.2. The number of hydrogen-bond acceptors (Lipinski definition) is 4.